The second kappa shape index (κ2) is 15.6. The summed E-state index contributed by atoms with van der Waals surface area (Å²) in [6.07, 6.45) is 19.8. The first-order valence-corrected chi connectivity index (χ1v) is 20.4. The fourth-order valence-electron chi connectivity index (χ4n) is 8.81. The molecule has 0 fully saturated rings. The van der Waals surface area contributed by atoms with Crippen molar-refractivity contribution in [2.75, 3.05) is 4.90 Å². The van der Waals surface area contributed by atoms with Crippen molar-refractivity contribution in [3.63, 3.8) is 0 Å². The van der Waals surface area contributed by atoms with Gasteiger partial charge in [0.2, 0.25) is 5.96 Å². The van der Waals surface area contributed by atoms with Gasteiger partial charge in [-0.25, -0.2) is 4.99 Å². The van der Waals surface area contributed by atoms with E-state index in [1.807, 2.05) is 31.2 Å². The van der Waals surface area contributed by atoms with Crippen molar-refractivity contribution in [1.29, 1.82) is 0 Å². The molecule has 5 aromatic carbocycles. The van der Waals surface area contributed by atoms with Crippen LogP contribution in [0.4, 0.5) is 5.69 Å². The molecule has 1 aliphatic carbocycles. The third kappa shape index (κ3) is 6.53. The van der Waals surface area contributed by atoms with Crippen LogP contribution in [0, 0.1) is 0 Å². The van der Waals surface area contributed by atoms with Gasteiger partial charge in [0.25, 0.3) is 0 Å². The molecule has 3 heterocycles. The summed E-state index contributed by atoms with van der Waals surface area (Å²) in [6, 6.07) is 40.8. The molecule has 2 N–H and O–H groups in total. The molecule has 0 saturated heterocycles. The molecular weight excluding hydrogens is 709 g/mol. The molecule has 2 aliphatic heterocycles. The van der Waals surface area contributed by atoms with Gasteiger partial charge in [0, 0.05) is 57.8 Å². The van der Waals surface area contributed by atoms with Crippen molar-refractivity contribution >= 4 is 50.3 Å². The molecule has 286 valence electrons. The van der Waals surface area contributed by atoms with Crippen LogP contribution in [-0.4, -0.2) is 16.6 Å². The third-order valence-electron chi connectivity index (χ3n) is 11.5. The number of aliphatic imine (C=N–C) groups is 1. The van der Waals surface area contributed by atoms with Crippen LogP contribution >= 0.6 is 0 Å². The number of fused-ring (bicyclic) bond motifs is 7. The summed E-state index contributed by atoms with van der Waals surface area (Å²) in [7, 11) is 0. The fraction of sp³-hybridized carbons (Fsp3) is 0.151. The van der Waals surface area contributed by atoms with Gasteiger partial charge < -0.3 is 15.0 Å². The van der Waals surface area contributed by atoms with Gasteiger partial charge in [0.1, 0.15) is 11.9 Å². The zero-order valence-corrected chi connectivity index (χ0v) is 33.4. The van der Waals surface area contributed by atoms with Gasteiger partial charge in [-0.1, -0.05) is 136 Å². The van der Waals surface area contributed by atoms with E-state index in [4.69, 9.17) is 15.5 Å². The molecule has 0 bridgehead atoms. The van der Waals surface area contributed by atoms with Crippen LogP contribution in [0.25, 0.3) is 49.8 Å². The molecule has 58 heavy (non-hydrogen) atoms. The van der Waals surface area contributed by atoms with E-state index < -0.39 is 0 Å². The Hall–Kier alpha value is -6.85. The number of anilines is 1. The van der Waals surface area contributed by atoms with Crippen LogP contribution in [0.15, 0.2) is 187 Å². The molecule has 0 radical (unpaired) electrons. The van der Waals surface area contributed by atoms with E-state index >= 15 is 0 Å². The Kier molecular flexibility index (Phi) is 9.88. The van der Waals surface area contributed by atoms with E-state index in [2.05, 4.69) is 169 Å². The van der Waals surface area contributed by atoms with E-state index in [0.29, 0.717) is 12.4 Å². The summed E-state index contributed by atoms with van der Waals surface area (Å²) in [5.41, 5.74) is 21.6. The average Bonchev–Trinajstić information content (AvgIpc) is 3.89. The molecule has 5 nitrogen and oxygen atoms in total. The van der Waals surface area contributed by atoms with Crippen molar-refractivity contribution in [3.8, 4) is 16.9 Å². The maximum Gasteiger partial charge on any atom is 0.205 e. The van der Waals surface area contributed by atoms with Crippen LogP contribution in [0.3, 0.4) is 0 Å². The first-order valence-electron chi connectivity index (χ1n) is 20.4. The molecule has 1 aromatic heterocycles. The molecular formula is C53H48N4O. The van der Waals surface area contributed by atoms with Gasteiger partial charge in [-0.3, -0.25) is 4.90 Å². The van der Waals surface area contributed by atoms with Crippen molar-refractivity contribution in [2.45, 2.75) is 52.1 Å². The Morgan fingerprint density at radius 3 is 2.50 bits per heavy atom. The highest BCUT2D eigenvalue weighted by Gasteiger charge is 2.35. The lowest BCUT2D eigenvalue weighted by Gasteiger charge is -2.22. The van der Waals surface area contributed by atoms with Gasteiger partial charge >= 0.3 is 0 Å². The Labute approximate surface area is 341 Å². The molecule has 2 atom stereocenters. The largest absolute Gasteiger partial charge is 0.485 e. The van der Waals surface area contributed by atoms with E-state index in [-0.39, 0.29) is 12.0 Å². The molecule has 0 saturated carbocycles. The number of ether oxygens (including phenoxy) is 1. The number of allylic oxidation sites excluding steroid dienone is 10. The van der Waals surface area contributed by atoms with Crippen LogP contribution in [0.2, 0.25) is 0 Å². The standard InChI is InChI=1S/C53H48N4O/c1-5-7-10-20-39(32-35(3)37-18-11-9-12-19-37)55-53(54)57-46(24-8-6-2)36(4)52-41(23-17-26-49(52)57)38-28-30-48-44(33-38)42-21-13-15-25-47(42)56(48)40-29-31-51-45(34-40)43-22-14-16-27-50(43)58-51/h6-19,21-30,32-34,36,51H,3,5,20,31H2,1-2,4H3,(H2,54,55)/b8-6-,10-7-,39-32-,46-24+/t36?,51-/m0/s1. The lowest BCUT2D eigenvalue weighted by molar-refractivity contribution is 0.279. The molecule has 0 amide bonds. The van der Waals surface area contributed by atoms with Crippen LogP contribution in [-0.2, 0) is 0 Å². The Bertz CT molecular complexity index is 2810. The summed E-state index contributed by atoms with van der Waals surface area (Å²) in [5.74, 6) is 1.46. The number of aromatic nitrogens is 1. The lowest BCUT2D eigenvalue weighted by atomic mass is 9.90. The number of hydrogen-bond donors (Lipinski definition) is 1. The second-order valence-electron chi connectivity index (χ2n) is 15.1. The minimum absolute atomic E-state index is 0.0580. The smallest absolute Gasteiger partial charge is 0.205 e. The van der Waals surface area contributed by atoms with Gasteiger partial charge in [0.05, 0.1) is 16.7 Å². The number of hydrogen-bond acceptors (Lipinski definition) is 2. The maximum absolute atomic E-state index is 7.09. The molecule has 1 unspecified atom stereocenters. The fourth-order valence-corrected chi connectivity index (χ4v) is 8.81. The first-order chi connectivity index (χ1) is 28.4. The minimum atomic E-state index is 0.0580. The van der Waals surface area contributed by atoms with Crippen molar-refractivity contribution in [2.24, 2.45) is 10.7 Å². The predicted octanol–water partition coefficient (Wildman–Crippen LogP) is 13.2. The maximum atomic E-state index is 7.09. The summed E-state index contributed by atoms with van der Waals surface area (Å²) in [6.45, 7) is 10.8. The van der Waals surface area contributed by atoms with Gasteiger partial charge in [-0.05, 0) is 89.7 Å². The highest BCUT2D eigenvalue weighted by molar-refractivity contribution is 6.12. The number of para-hydroxylation sites is 2. The topological polar surface area (TPSA) is 55.8 Å². The number of nitrogens with two attached hydrogens (primary N) is 1. The number of nitrogens with zero attached hydrogens (tertiary/aromatic N) is 3. The molecule has 9 rings (SSSR count). The molecule has 6 aromatic rings. The Morgan fingerprint density at radius 1 is 0.879 bits per heavy atom. The van der Waals surface area contributed by atoms with Gasteiger partial charge in [-0.15, -0.1) is 0 Å². The van der Waals surface area contributed by atoms with Crippen LogP contribution in [0.5, 0.6) is 5.75 Å². The molecule has 5 heteroatoms. The van der Waals surface area contributed by atoms with Crippen molar-refractivity contribution in [1.82, 2.24) is 4.57 Å². The number of guanidine groups is 1. The summed E-state index contributed by atoms with van der Waals surface area (Å²) in [4.78, 5) is 7.27. The summed E-state index contributed by atoms with van der Waals surface area (Å²) in [5, 5.41) is 2.45. The van der Waals surface area contributed by atoms with E-state index in [1.54, 1.807) is 0 Å². The molecule has 0 spiro atoms. The normalized spacial score (nSPS) is 18.5. The summed E-state index contributed by atoms with van der Waals surface area (Å²) < 4.78 is 8.74. The molecule has 3 aliphatic rings. The van der Waals surface area contributed by atoms with E-state index in [1.165, 1.54) is 55.3 Å². The first kappa shape index (κ1) is 36.8. The van der Waals surface area contributed by atoms with E-state index in [9.17, 15) is 0 Å². The van der Waals surface area contributed by atoms with Crippen molar-refractivity contribution in [3.05, 3.63) is 199 Å². The third-order valence-corrected chi connectivity index (χ3v) is 11.5. The minimum Gasteiger partial charge on any atom is -0.485 e. The zero-order valence-electron chi connectivity index (χ0n) is 33.4. The second-order valence-corrected chi connectivity index (χ2v) is 15.1. The van der Waals surface area contributed by atoms with Crippen LogP contribution < -0.4 is 15.4 Å². The lowest BCUT2D eigenvalue weighted by Crippen LogP contribution is -2.35. The van der Waals surface area contributed by atoms with Crippen molar-refractivity contribution < 1.29 is 4.74 Å². The highest BCUT2D eigenvalue weighted by Crippen LogP contribution is 2.49. The monoisotopic (exact) mass is 756 g/mol. The zero-order chi connectivity index (χ0) is 39.8. The van der Waals surface area contributed by atoms with Crippen LogP contribution in [0.1, 0.15) is 62.6 Å². The Balaban J connectivity index is 1.14. The quantitative estimate of drug-likeness (QED) is 0.0692. The predicted molar refractivity (Wildman–Crippen MR) is 246 cm³/mol. The number of rotatable bonds is 9. The van der Waals surface area contributed by atoms with Gasteiger partial charge in [-0.2, -0.15) is 0 Å². The van der Waals surface area contributed by atoms with Gasteiger partial charge in [0.15, 0.2) is 0 Å². The van der Waals surface area contributed by atoms with E-state index in [0.717, 1.165) is 46.8 Å². The summed E-state index contributed by atoms with van der Waals surface area (Å²) >= 11 is 0. The highest BCUT2D eigenvalue weighted by atomic mass is 16.5. The number of benzene rings is 5. The average molecular weight is 757 g/mol. The SMILES string of the molecule is C=C(/C=C(/C/C=C\CC)N=C(N)N1/C(=C/C=C\C)C(C)c2c(-c3ccc4c(c3)c3ccccc3n4C3=CC[C@@H]4Oc5ccccc5C4=C3)cccc21)c1ccccc1. The Morgan fingerprint density at radius 2 is 1.66 bits per heavy atom.